The van der Waals surface area contributed by atoms with Gasteiger partial charge in [-0.05, 0) is 13.8 Å². The number of nitrogens with zero attached hydrogens (tertiary/aromatic N) is 3. The molecule has 0 atom stereocenters. The second-order valence-corrected chi connectivity index (χ2v) is 2.57. The van der Waals surface area contributed by atoms with Gasteiger partial charge in [-0.3, -0.25) is 4.98 Å². The van der Waals surface area contributed by atoms with Crippen molar-refractivity contribution in [1.29, 1.82) is 0 Å². The van der Waals surface area contributed by atoms with E-state index in [1.165, 1.54) is 0 Å². The summed E-state index contributed by atoms with van der Waals surface area (Å²) in [6, 6.07) is 0. The van der Waals surface area contributed by atoms with E-state index in [-0.39, 0.29) is 0 Å². The van der Waals surface area contributed by atoms with Crippen LogP contribution < -0.4 is 0 Å². The van der Waals surface area contributed by atoms with Crippen LogP contribution in [-0.4, -0.2) is 14.4 Å². The van der Waals surface area contributed by atoms with Crippen molar-refractivity contribution in [2.75, 3.05) is 0 Å². The second-order valence-electron chi connectivity index (χ2n) is 2.57. The van der Waals surface area contributed by atoms with Gasteiger partial charge in [-0.15, -0.1) is 0 Å². The van der Waals surface area contributed by atoms with Crippen LogP contribution in [0.15, 0.2) is 18.6 Å². The van der Waals surface area contributed by atoms with Gasteiger partial charge in [-0.25, -0.2) is 4.98 Å². The van der Waals surface area contributed by atoms with Gasteiger partial charge in [0, 0.05) is 12.4 Å². The lowest BCUT2D eigenvalue weighted by Crippen LogP contribution is -1.90. The zero-order chi connectivity index (χ0) is 7.84. The highest BCUT2D eigenvalue weighted by Crippen LogP contribution is 2.07. The van der Waals surface area contributed by atoms with Crippen molar-refractivity contribution >= 4 is 5.52 Å². The van der Waals surface area contributed by atoms with Crippen molar-refractivity contribution in [3.05, 3.63) is 30.1 Å². The third kappa shape index (κ3) is 0.808. The molecule has 0 N–H and O–H groups in total. The van der Waals surface area contributed by atoms with Crippen molar-refractivity contribution < 1.29 is 0 Å². The smallest absolute Gasteiger partial charge is 0.110 e. The maximum absolute atomic E-state index is 4.18. The minimum Gasteiger partial charge on any atom is -0.301 e. The summed E-state index contributed by atoms with van der Waals surface area (Å²) in [7, 11) is 0. The topological polar surface area (TPSA) is 30.2 Å². The standard InChI is InChI=1S/C8H9N3/c1-6-8-5-10-7(2)11(8)4-3-9-6/h3-5H,1-2H3. The quantitative estimate of drug-likeness (QED) is 0.563. The number of aromatic nitrogens is 3. The van der Waals surface area contributed by atoms with Crippen LogP contribution >= 0.6 is 0 Å². The Morgan fingerprint density at radius 2 is 2.09 bits per heavy atom. The molecule has 0 fully saturated rings. The first-order valence-electron chi connectivity index (χ1n) is 3.54. The van der Waals surface area contributed by atoms with Crippen LogP contribution in [-0.2, 0) is 0 Å². The highest BCUT2D eigenvalue weighted by atomic mass is 15.0. The highest BCUT2D eigenvalue weighted by molar-refractivity contribution is 5.49. The van der Waals surface area contributed by atoms with Gasteiger partial charge in [-0.2, -0.15) is 0 Å². The summed E-state index contributed by atoms with van der Waals surface area (Å²) in [6.07, 6.45) is 5.55. The first kappa shape index (κ1) is 6.34. The van der Waals surface area contributed by atoms with Crippen molar-refractivity contribution in [2.45, 2.75) is 13.8 Å². The lowest BCUT2D eigenvalue weighted by molar-refractivity contribution is 1.01. The average Bonchev–Trinajstić information content (AvgIpc) is 2.35. The molecule has 11 heavy (non-hydrogen) atoms. The van der Waals surface area contributed by atoms with E-state index in [9.17, 15) is 0 Å². The van der Waals surface area contributed by atoms with Crippen molar-refractivity contribution in [3.8, 4) is 0 Å². The largest absolute Gasteiger partial charge is 0.301 e. The summed E-state index contributed by atoms with van der Waals surface area (Å²) < 4.78 is 2.03. The Balaban J connectivity index is 2.94. The van der Waals surface area contributed by atoms with Gasteiger partial charge >= 0.3 is 0 Å². The van der Waals surface area contributed by atoms with Gasteiger partial charge in [0.15, 0.2) is 0 Å². The fraction of sp³-hybridized carbons (Fsp3) is 0.250. The summed E-state index contributed by atoms with van der Waals surface area (Å²) in [6.45, 7) is 3.96. The summed E-state index contributed by atoms with van der Waals surface area (Å²) in [5, 5.41) is 0. The summed E-state index contributed by atoms with van der Waals surface area (Å²) in [4.78, 5) is 8.34. The molecule has 0 unspecified atom stereocenters. The fourth-order valence-corrected chi connectivity index (χ4v) is 1.19. The van der Waals surface area contributed by atoms with E-state index in [2.05, 4.69) is 9.97 Å². The Labute approximate surface area is 64.7 Å². The van der Waals surface area contributed by atoms with E-state index in [1.54, 1.807) is 6.20 Å². The van der Waals surface area contributed by atoms with Crippen LogP contribution in [0.2, 0.25) is 0 Å². The minimum atomic E-state index is 1.01. The van der Waals surface area contributed by atoms with Gasteiger partial charge in [0.1, 0.15) is 5.82 Å². The van der Waals surface area contributed by atoms with Gasteiger partial charge in [0.2, 0.25) is 0 Å². The molecular formula is C8H9N3. The predicted octanol–water partition coefficient (Wildman–Crippen LogP) is 1.35. The van der Waals surface area contributed by atoms with E-state index in [0.29, 0.717) is 0 Å². The van der Waals surface area contributed by atoms with E-state index in [1.807, 2.05) is 30.6 Å². The van der Waals surface area contributed by atoms with Crippen LogP contribution in [0.1, 0.15) is 11.5 Å². The molecule has 0 aliphatic heterocycles. The first-order chi connectivity index (χ1) is 5.29. The van der Waals surface area contributed by atoms with Crippen molar-refractivity contribution in [1.82, 2.24) is 14.4 Å². The molecule has 0 aromatic carbocycles. The molecule has 0 aliphatic carbocycles. The van der Waals surface area contributed by atoms with E-state index in [0.717, 1.165) is 17.0 Å². The van der Waals surface area contributed by atoms with Crippen LogP contribution in [0.5, 0.6) is 0 Å². The van der Waals surface area contributed by atoms with Crippen LogP contribution in [0.3, 0.4) is 0 Å². The molecule has 0 spiro atoms. The van der Waals surface area contributed by atoms with E-state index in [4.69, 9.17) is 0 Å². The number of rotatable bonds is 0. The Hall–Kier alpha value is -1.38. The summed E-state index contributed by atoms with van der Waals surface area (Å²) in [5.41, 5.74) is 2.11. The lowest BCUT2D eigenvalue weighted by Gasteiger charge is -1.96. The van der Waals surface area contributed by atoms with Crippen molar-refractivity contribution in [2.24, 2.45) is 0 Å². The van der Waals surface area contributed by atoms with E-state index < -0.39 is 0 Å². The molecule has 56 valence electrons. The number of aryl methyl sites for hydroxylation is 2. The third-order valence-electron chi connectivity index (χ3n) is 1.84. The molecule has 2 aromatic rings. The fourth-order valence-electron chi connectivity index (χ4n) is 1.19. The Morgan fingerprint density at radius 1 is 1.27 bits per heavy atom. The molecule has 0 aliphatic rings. The Bertz CT molecular complexity index is 389. The predicted molar refractivity (Wildman–Crippen MR) is 42.5 cm³/mol. The molecule has 0 bridgehead atoms. The van der Waals surface area contributed by atoms with Crippen LogP contribution in [0.25, 0.3) is 5.52 Å². The monoisotopic (exact) mass is 147 g/mol. The second kappa shape index (κ2) is 2.05. The SMILES string of the molecule is Cc1nccn2c(C)ncc12. The normalized spacial score (nSPS) is 10.7. The lowest BCUT2D eigenvalue weighted by atomic mass is 10.4. The maximum atomic E-state index is 4.18. The third-order valence-corrected chi connectivity index (χ3v) is 1.84. The summed E-state index contributed by atoms with van der Waals surface area (Å²) >= 11 is 0. The maximum Gasteiger partial charge on any atom is 0.110 e. The zero-order valence-corrected chi connectivity index (χ0v) is 6.57. The molecule has 0 radical (unpaired) electrons. The Kier molecular flexibility index (Phi) is 1.18. The molecule has 2 rings (SSSR count). The van der Waals surface area contributed by atoms with Gasteiger partial charge in [0.25, 0.3) is 0 Å². The molecule has 0 saturated heterocycles. The number of fused-ring (bicyclic) bond motifs is 1. The minimum absolute atomic E-state index is 1.01. The van der Waals surface area contributed by atoms with Crippen LogP contribution in [0, 0.1) is 13.8 Å². The van der Waals surface area contributed by atoms with Gasteiger partial charge < -0.3 is 4.40 Å². The van der Waals surface area contributed by atoms with Crippen molar-refractivity contribution in [3.63, 3.8) is 0 Å². The highest BCUT2D eigenvalue weighted by Gasteiger charge is 1.99. The number of hydrogen-bond acceptors (Lipinski definition) is 2. The summed E-state index contributed by atoms with van der Waals surface area (Å²) in [5.74, 6) is 1.01. The molecule has 3 heteroatoms. The zero-order valence-electron chi connectivity index (χ0n) is 6.57. The molecule has 2 heterocycles. The molecule has 0 amide bonds. The van der Waals surface area contributed by atoms with Gasteiger partial charge in [0.05, 0.1) is 17.4 Å². The first-order valence-corrected chi connectivity index (χ1v) is 3.54. The number of hydrogen-bond donors (Lipinski definition) is 0. The van der Waals surface area contributed by atoms with Crippen LogP contribution in [0.4, 0.5) is 0 Å². The Morgan fingerprint density at radius 3 is 2.82 bits per heavy atom. The average molecular weight is 147 g/mol. The van der Waals surface area contributed by atoms with Gasteiger partial charge in [-0.1, -0.05) is 0 Å². The molecule has 0 saturated carbocycles. The number of imidazole rings is 1. The van der Waals surface area contributed by atoms with E-state index >= 15 is 0 Å². The molecule has 3 nitrogen and oxygen atoms in total. The molecular weight excluding hydrogens is 138 g/mol. The molecule has 2 aromatic heterocycles.